The molecule has 1 aromatic rings. The van der Waals surface area contributed by atoms with Crippen molar-refractivity contribution in [2.45, 2.75) is 6.92 Å². The first-order chi connectivity index (χ1) is 7.63. The van der Waals surface area contributed by atoms with Gasteiger partial charge in [-0.2, -0.15) is 0 Å². The molecule has 1 rings (SSSR count). The lowest BCUT2D eigenvalue weighted by molar-refractivity contribution is -0.136. The van der Waals surface area contributed by atoms with Gasteiger partial charge in [0.15, 0.2) is 0 Å². The molecule has 16 heavy (non-hydrogen) atoms. The monoisotopic (exact) mass is 224 g/mol. The summed E-state index contributed by atoms with van der Waals surface area (Å²) in [5.74, 6) is -0.331. The molecule has 0 N–H and O–H groups in total. The number of hydrogen-bond acceptors (Lipinski definition) is 3. The summed E-state index contributed by atoms with van der Waals surface area (Å²) >= 11 is 0. The van der Waals surface area contributed by atoms with E-state index in [0.717, 1.165) is 0 Å². The van der Waals surface area contributed by atoms with Gasteiger partial charge in [-0.3, -0.25) is 0 Å². The lowest BCUT2D eigenvalue weighted by atomic mass is 10.3. The minimum atomic E-state index is -0.400. The van der Waals surface area contributed by atoms with Crippen molar-refractivity contribution in [1.82, 2.24) is 0 Å². The van der Waals surface area contributed by atoms with Crippen LogP contribution in [0.15, 0.2) is 35.9 Å². The van der Waals surface area contributed by atoms with Crippen LogP contribution < -0.4 is 4.74 Å². The quantitative estimate of drug-likeness (QED) is 0.581. The van der Waals surface area contributed by atoms with Crippen LogP contribution in [0.1, 0.15) is 6.92 Å². The Labute approximate surface area is 93.5 Å². The standard InChI is InChI=1S/C12H13FO3/c1-9(12(14)15-2)6-7-16-11-5-3-4-10(13)8-11/h3-6,8H,7H2,1-2H3. The Morgan fingerprint density at radius 1 is 1.50 bits per heavy atom. The highest BCUT2D eigenvalue weighted by Gasteiger charge is 2.02. The van der Waals surface area contributed by atoms with Crippen LogP contribution >= 0.6 is 0 Å². The maximum Gasteiger partial charge on any atom is 0.333 e. The average Bonchev–Trinajstić information content (AvgIpc) is 2.28. The lowest BCUT2D eigenvalue weighted by Gasteiger charge is -2.03. The van der Waals surface area contributed by atoms with E-state index in [9.17, 15) is 9.18 Å². The van der Waals surface area contributed by atoms with Gasteiger partial charge in [-0.1, -0.05) is 6.07 Å². The van der Waals surface area contributed by atoms with E-state index >= 15 is 0 Å². The molecule has 0 saturated heterocycles. The number of esters is 1. The first-order valence-electron chi connectivity index (χ1n) is 4.77. The Balaban J connectivity index is 2.50. The molecule has 0 aliphatic carbocycles. The van der Waals surface area contributed by atoms with Crippen molar-refractivity contribution in [2.24, 2.45) is 0 Å². The molecule has 0 spiro atoms. The number of hydrogen-bond donors (Lipinski definition) is 0. The summed E-state index contributed by atoms with van der Waals surface area (Å²) in [6.45, 7) is 1.82. The number of halogens is 1. The van der Waals surface area contributed by atoms with E-state index in [1.54, 1.807) is 25.1 Å². The van der Waals surface area contributed by atoms with E-state index < -0.39 is 5.97 Å². The molecule has 0 fully saturated rings. The average molecular weight is 224 g/mol. The number of benzene rings is 1. The van der Waals surface area contributed by atoms with Gasteiger partial charge in [0.25, 0.3) is 0 Å². The Morgan fingerprint density at radius 2 is 2.25 bits per heavy atom. The molecule has 4 heteroatoms. The largest absolute Gasteiger partial charge is 0.489 e. The second-order valence-corrected chi connectivity index (χ2v) is 3.15. The zero-order valence-corrected chi connectivity index (χ0v) is 9.20. The normalized spacial score (nSPS) is 11.1. The predicted molar refractivity (Wildman–Crippen MR) is 57.7 cm³/mol. The van der Waals surface area contributed by atoms with Crippen LogP contribution in [0.25, 0.3) is 0 Å². The fourth-order valence-corrected chi connectivity index (χ4v) is 1.06. The lowest BCUT2D eigenvalue weighted by Crippen LogP contribution is -2.04. The topological polar surface area (TPSA) is 35.5 Å². The molecule has 3 nitrogen and oxygen atoms in total. The summed E-state index contributed by atoms with van der Waals surface area (Å²) < 4.78 is 22.5. The SMILES string of the molecule is COC(=O)C(C)=CCOc1cccc(F)c1. The summed E-state index contributed by atoms with van der Waals surface area (Å²) in [6, 6.07) is 5.82. The van der Waals surface area contributed by atoms with Crippen LogP contribution in [0.2, 0.25) is 0 Å². The molecule has 0 heterocycles. The zero-order valence-electron chi connectivity index (χ0n) is 9.20. The van der Waals surface area contributed by atoms with Crippen LogP contribution in [0.4, 0.5) is 4.39 Å². The van der Waals surface area contributed by atoms with Gasteiger partial charge in [-0.25, -0.2) is 9.18 Å². The molecule has 0 aliphatic rings. The van der Waals surface area contributed by atoms with Gasteiger partial charge in [-0.05, 0) is 25.1 Å². The second kappa shape index (κ2) is 5.90. The molecule has 0 unspecified atom stereocenters. The fraction of sp³-hybridized carbons (Fsp3) is 0.250. The van der Waals surface area contributed by atoms with Gasteiger partial charge in [0.05, 0.1) is 7.11 Å². The molecule has 0 radical (unpaired) electrons. The third kappa shape index (κ3) is 3.73. The number of ether oxygens (including phenoxy) is 2. The van der Waals surface area contributed by atoms with Crippen molar-refractivity contribution in [2.75, 3.05) is 13.7 Å². The van der Waals surface area contributed by atoms with Gasteiger partial charge in [0, 0.05) is 11.6 Å². The summed E-state index contributed by atoms with van der Waals surface area (Å²) in [6.07, 6.45) is 1.58. The van der Waals surface area contributed by atoms with Crippen molar-refractivity contribution in [3.63, 3.8) is 0 Å². The van der Waals surface area contributed by atoms with Gasteiger partial charge in [0.1, 0.15) is 18.2 Å². The van der Waals surface area contributed by atoms with Crippen molar-refractivity contribution in [3.8, 4) is 5.75 Å². The Kier molecular flexibility index (Phi) is 4.51. The van der Waals surface area contributed by atoms with Gasteiger partial charge < -0.3 is 9.47 Å². The Morgan fingerprint density at radius 3 is 2.88 bits per heavy atom. The minimum absolute atomic E-state index is 0.199. The molecule has 1 aromatic carbocycles. The molecule has 0 bridgehead atoms. The van der Waals surface area contributed by atoms with E-state index in [1.165, 1.54) is 19.2 Å². The van der Waals surface area contributed by atoms with E-state index in [0.29, 0.717) is 11.3 Å². The molecule has 0 aromatic heterocycles. The molecule has 0 aliphatic heterocycles. The maximum absolute atomic E-state index is 12.8. The van der Waals surface area contributed by atoms with Crippen molar-refractivity contribution < 1.29 is 18.7 Å². The molecule has 86 valence electrons. The Hall–Kier alpha value is -1.84. The first-order valence-corrected chi connectivity index (χ1v) is 4.77. The van der Waals surface area contributed by atoms with Gasteiger partial charge >= 0.3 is 5.97 Å². The smallest absolute Gasteiger partial charge is 0.333 e. The van der Waals surface area contributed by atoms with Crippen LogP contribution in [0.3, 0.4) is 0 Å². The summed E-state index contributed by atoms with van der Waals surface area (Å²) in [7, 11) is 1.31. The van der Waals surface area contributed by atoms with E-state index in [1.807, 2.05) is 0 Å². The van der Waals surface area contributed by atoms with Crippen LogP contribution in [0.5, 0.6) is 5.75 Å². The minimum Gasteiger partial charge on any atom is -0.489 e. The highest BCUT2D eigenvalue weighted by atomic mass is 19.1. The number of carbonyl (C=O) groups is 1. The van der Waals surface area contributed by atoms with Crippen molar-refractivity contribution in [3.05, 3.63) is 41.7 Å². The van der Waals surface area contributed by atoms with Gasteiger partial charge in [0.2, 0.25) is 0 Å². The Bertz CT molecular complexity index is 399. The maximum atomic E-state index is 12.8. The van der Waals surface area contributed by atoms with Crippen LogP contribution in [-0.4, -0.2) is 19.7 Å². The zero-order chi connectivity index (χ0) is 12.0. The molecular formula is C12H13FO3. The van der Waals surface area contributed by atoms with Crippen LogP contribution in [-0.2, 0) is 9.53 Å². The first kappa shape index (κ1) is 12.2. The second-order valence-electron chi connectivity index (χ2n) is 3.15. The van der Waals surface area contributed by atoms with Crippen LogP contribution in [0, 0.1) is 5.82 Å². The number of rotatable bonds is 4. The highest BCUT2D eigenvalue weighted by molar-refractivity contribution is 5.87. The summed E-state index contributed by atoms with van der Waals surface area (Å²) in [4.78, 5) is 11.0. The van der Waals surface area contributed by atoms with E-state index in [-0.39, 0.29) is 12.4 Å². The fourth-order valence-electron chi connectivity index (χ4n) is 1.06. The van der Waals surface area contributed by atoms with Crippen molar-refractivity contribution >= 4 is 5.97 Å². The van der Waals surface area contributed by atoms with E-state index in [2.05, 4.69) is 4.74 Å². The third-order valence-electron chi connectivity index (χ3n) is 1.94. The molecule has 0 saturated carbocycles. The van der Waals surface area contributed by atoms with Crippen molar-refractivity contribution in [1.29, 1.82) is 0 Å². The number of carbonyl (C=O) groups excluding carboxylic acids is 1. The molecular weight excluding hydrogens is 211 g/mol. The highest BCUT2D eigenvalue weighted by Crippen LogP contribution is 2.11. The number of methoxy groups -OCH3 is 1. The molecule has 0 amide bonds. The van der Waals surface area contributed by atoms with E-state index in [4.69, 9.17) is 4.74 Å². The van der Waals surface area contributed by atoms with Gasteiger partial charge in [-0.15, -0.1) is 0 Å². The predicted octanol–water partition coefficient (Wildman–Crippen LogP) is 2.32. The summed E-state index contributed by atoms with van der Waals surface area (Å²) in [5, 5.41) is 0. The third-order valence-corrected chi connectivity index (χ3v) is 1.94. The molecule has 0 atom stereocenters. The summed E-state index contributed by atoms with van der Waals surface area (Å²) in [5.41, 5.74) is 0.457.